The Balaban J connectivity index is 1.57. The Hall–Kier alpha value is -3.49. The Morgan fingerprint density at radius 1 is 1.14 bits per heavy atom. The average molecular weight is 392 g/mol. The van der Waals surface area contributed by atoms with Gasteiger partial charge in [0.15, 0.2) is 18.1 Å². The smallest absolute Gasteiger partial charge is 0.387 e. The van der Waals surface area contributed by atoms with Gasteiger partial charge >= 0.3 is 6.61 Å². The minimum absolute atomic E-state index is 0.0465. The van der Waals surface area contributed by atoms with Gasteiger partial charge in [0.2, 0.25) is 5.89 Å². The number of hydrogen-bond donors (Lipinski definition) is 0. The summed E-state index contributed by atoms with van der Waals surface area (Å²) in [4.78, 5) is 9.38. The van der Waals surface area contributed by atoms with Crippen molar-refractivity contribution in [3.63, 3.8) is 0 Å². The van der Waals surface area contributed by atoms with E-state index < -0.39 is 6.61 Å². The van der Waals surface area contributed by atoms with Crippen molar-refractivity contribution in [2.75, 3.05) is 7.11 Å². The first-order chi connectivity index (χ1) is 13.5. The molecule has 0 aliphatic carbocycles. The number of nitrogens with zero attached hydrogens (tertiary/aromatic N) is 2. The third-order valence-corrected chi connectivity index (χ3v) is 3.54. The molecule has 3 aromatic rings. The summed E-state index contributed by atoms with van der Waals surface area (Å²) < 4.78 is 52.3. The Kier molecular flexibility index (Phi) is 6.15. The van der Waals surface area contributed by atoms with Gasteiger partial charge in [0.05, 0.1) is 13.3 Å². The monoisotopic (exact) mass is 392 g/mol. The molecule has 3 rings (SSSR count). The normalized spacial score (nSPS) is 11.2. The van der Waals surface area contributed by atoms with Gasteiger partial charge in [0.25, 0.3) is 0 Å². The topological polar surface area (TPSA) is 66.1 Å². The summed E-state index contributed by atoms with van der Waals surface area (Å²) in [6, 6.07) is 10.1. The van der Waals surface area contributed by atoms with Crippen molar-refractivity contribution in [2.24, 2.45) is 5.16 Å². The third-order valence-electron chi connectivity index (χ3n) is 3.54. The summed E-state index contributed by atoms with van der Waals surface area (Å²) >= 11 is 0. The van der Waals surface area contributed by atoms with E-state index >= 15 is 0 Å². The van der Waals surface area contributed by atoms with Gasteiger partial charge in [-0.25, -0.2) is 9.37 Å². The molecule has 6 nitrogen and oxygen atoms in total. The highest BCUT2D eigenvalue weighted by Crippen LogP contribution is 2.29. The van der Waals surface area contributed by atoms with Crippen LogP contribution in [0.1, 0.15) is 11.3 Å². The summed E-state index contributed by atoms with van der Waals surface area (Å²) in [5.74, 6) is 0.0525. The molecular weight excluding hydrogens is 377 g/mol. The molecule has 0 amide bonds. The zero-order valence-corrected chi connectivity index (χ0v) is 14.6. The molecule has 0 unspecified atom stereocenters. The van der Waals surface area contributed by atoms with Crippen LogP contribution in [0.25, 0.3) is 11.5 Å². The summed E-state index contributed by atoms with van der Waals surface area (Å²) in [7, 11) is 1.34. The Bertz CT molecular complexity index is 943. The van der Waals surface area contributed by atoms with E-state index in [1.54, 1.807) is 12.1 Å². The van der Waals surface area contributed by atoms with E-state index in [-0.39, 0.29) is 23.9 Å². The zero-order valence-electron chi connectivity index (χ0n) is 14.6. The maximum absolute atomic E-state index is 12.9. The van der Waals surface area contributed by atoms with Crippen LogP contribution in [0.15, 0.2) is 58.3 Å². The highest BCUT2D eigenvalue weighted by molar-refractivity contribution is 5.80. The second-order valence-electron chi connectivity index (χ2n) is 5.45. The van der Waals surface area contributed by atoms with Gasteiger partial charge in [-0.15, -0.1) is 0 Å². The van der Waals surface area contributed by atoms with E-state index in [2.05, 4.69) is 14.9 Å². The fraction of sp³-hybridized carbons (Fsp3) is 0.158. The van der Waals surface area contributed by atoms with Gasteiger partial charge in [0, 0.05) is 11.1 Å². The standard InChI is InChI=1S/C19H15F3N2O4/c1-25-17-8-12(2-7-16(17)28-19(21)22)9-23-27-11-15-10-26-18(24-15)13-3-5-14(20)6-4-13/h2-10,19H,11H2,1H3/b23-9+. The van der Waals surface area contributed by atoms with E-state index in [0.717, 1.165) is 0 Å². The number of ether oxygens (including phenoxy) is 2. The minimum Gasteiger partial charge on any atom is -0.493 e. The lowest BCUT2D eigenvalue weighted by Crippen LogP contribution is -2.03. The van der Waals surface area contributed by atoms with E-state index in [4.69, 9.17) is 14.0 Å². The summed E-state index contributed by atoms with van der Waals surface area (Å²) in [5, 5.41) is 3.80. The molecule has 1 heterocycles. The van der Waals surface area contributed by atoms with Crippen LogP contribution < -0.4 is 9.47 Å². The lowest BCUT2D eigenvalue weighted by Gasteiger charge is -2.09. The third kappa shape index (κ3) is 5.03. The van der Waals surface area contributed by atoms with Crippen molar-refractivity contribution in [3.05, 3.63) is 65.8 Å². The highest BCUT2D eigenvalue weighted by Gasteiger charge is 2.11. The van der Waals surface area contributed by atoms with Crippen LogP contribution in [0.2, 0.25) is 0 Å². The first kappa shape index (κ1) is 19.3. The lowest BCUT2D eigenvalue weighted by atomic mass is 10.2. The van der Waals surface area contributed by atoms with Gasteiger partial charge in [-0.2, -0.15) is 8.78 Å². The molecule has 0 radical (unpaired) electrons. The lowest BCUT2D eigenvalue weighted by molar-refractivity contribution is -0.0512. The largest absolute Gasteiger partial charge is 0.493 e. The van der Waals surface area contributed by atoms with Crippen LogP contribution in [0.5, 0.6) is 11.5 Å². The van der Waals surface area contributed by atoms with Gasteiger partial charge in [-0.1, -0.05) is 5.16 Å². The number of benzene rings is 2. The molecule has 0 aliphatic rings. The Labute approximate surface area is 158 Å². The average Bonchev–Trinajstić information content (AvgIpc) is 3.15. The second kappa shape index (κ2) is 8.94. The molecule has 0 aliphatic heterocycles. The number of halogens is 3. The number of rotatable bonds is 8. The minimum atomic E-state index is -2.95. The van der Waals surface area contributed by atoms with Crippen LogP contribution in [-0.4, -0.2) is 24.9 Å². The van der Waals surface area contributed by atoms with Crippen molar-refractivity contribution in [3.8, 4) is 23.0 Å². The van der Waals surface area contributed by atoms with Crippen molar-refractivity contribution < 1.29 is 31.9 Å². The fourth-order valence-electron chi connectivity index (χ4n) is 2.26. The predicted molar refractivity (Wildman–Crippen MR) is 93.9 cm³/mol. The number of methoxy groups -OCH3 is 1. The van der Waals surface area contributed by atoms with Crippen LogP contribution in [0.3, 0.4) is 0 Å². The molecule has 9 heteroatoms. The number of alkyl halides is 2. The number of oxazole rings is 1. The summed E-state index contributed by atoms with van der Waals surface area (Å²) in [6.45, 7) is -2.90. The van der Waals surface area contributed by atoms with Gasteiger partial charge in [-0.05, 0) is 42.5 Å². The molecule has 0 saturated carbocycles. The molecular formula is C19H15F3N2O4. The van der Waals surface area contributed by atoms with E-state index in [1.807, 2.05) is 0 Å². The predicted octanol–water partition coefficient (Wildman–Crippen LogP) is 4.64. The van der Waals surface area contributed by atoms with Crippen LogP contribution in [0, 0.1) is 5.82 Å². The molecule has 0 fully saturated rings. The first-order valence-electron chi connectivity index (χ1n) is 8.03. The molecule has 0 atom stereocenters. The zero-order chi connectivity index (χ0) is 19.9. The Morgan fingerprint density at radius 2 is 1.93 bits per heavy atom. The molecule has 146 valence electrons. The molecule has 0 saturated heterocycles. The first-order valence-corrected chi connectivity index (χ1v) is 8.03. The van der Waals surface area contributed by atoms with Crippen LogP contribution in [-0.2, 0) is 11.4 Å². The molecule has 1 aromatic heterocycles. The number of hydrogen-bond acceptors (Lipinski definition) is 6. The van der Waals surface area contributed by atoms with Gasteiger partial charge < -0.3 is 18.7 Å². The highest BCUT2D eigenvalue weighted by atomic mass is 19.3. The summed E-state index contributed by atoms with van der Waals surface area (Å²) in [6.07, 6.45) is 2.79. The number of oxime groups is 1. The summed E-state index contributed by atoms with van der Waals surface area (Å²) in [5.41, 5.74) is 1.69. The quantitative estimate of drug-likeness (QED) is 0.413. The van der Waals surface area contributed by atoms with Crippen LogP contribution in [0.4, 0.5) is 13.2 Å². The number of aromatic nitrogens is 1. The maximum Gasteiger partial charge on any atom is 0.387 e. The maximum atomic E-state index is 12.9. The van der Waals surface area contributed by atoms with Gasteiger partial charge in [-0.3, -0.25) is 0 Å². The SMILES string of the molecule is COc1cc(/C=N/OCc2coc(-c3ccc(F)cc3)n2)ccc1OC(F)F. The van der Waals surface area contributed by atoms with Gasteiger partial charge in [0.1, 0.15) is 17.8 Å². The van der Waals surface area contributed by atoms with E-state index in [0.29, 0.717) is 22.7 Å². The molecule has 0 bridgehead atoms. The Morgan fingerprint density at radius 3 is 2.64 bits per heavy atom. The molecule has 0 N–H and O–H groups in total. The van der Waals surface area contributed by atoms with Crippen molar-refractivity contribution >= 4 is 6.21 Å². The van der Waals surface area contributed by atoms with Crippen molar-refractivity contribution in [2.45, 2.75) is 13.2 Å². The molecule has 2 aromatic carbocycles. The van der Waals surface area contributed by atoms with Crippen molar-refractivity contribution in [1.29, 1.82) is 0 Å². The van der Waals surface area contributed by atoms with E-state index in [1.165, 1.54) is 49.9 Å². The molecule has 0 spiro atoms. The van der Waals surface area contributed by atoms with Crippen LogP contribution >= 0.6 is 0 Å². The van der Waals surface area contributed by atoms with E-state index in [9.17, 15) is 13.2 Å². The molecule has 28 heavy (non-hydrogen) atoms. The fourth-order valence-corrected chi connectivity index (χ4v) is 2.26. The second-order valence-corrected chi connectivity index (χ2v) is 5.45. The van der Waals surface area contributed by atoms with Crippen molar-refractivity contribution in [1.82, 2.24) is 4.98 Å².